The lowest BCUT2D eigenvalue weighted by Crippen LogP contribution is -2.17. The predicted octanol–water partition coefficient (Wildman–Crippen LogP) is 3.55. The number of aryl methyl sites for hydroxylation is 1. The van der Waals surface area contributed by atoms with Gasteiger partial charge in [0.15, 0.2) is 0 Å². The number of pyridine rings is 1. The van der Waals surface area contributed by atoms with Crippen LogP contribution in [-0.4, -0.2) is 26.8 Å². The first kappa shape index (κ1) is 17.2. The second-order valence-electron chi connectivity index (χ2n) is 5.65. The summed E-state index contributed by atoms with van der Waals surface area (Å²) in [6.07, 6.45) is 4.94. The van der Waals surface area contributed by atoms with Crippen LogP contribution in [0.25, 0.3) is 11.3 Å². The average Bonchev–Trinajstić information content (AvgIpc) is 2.62. The second kappa shape index (κ2) is 7.52. The van der Waals surface area contributed by atoms with E-state index < -0.39 is 0 Å². The number of nitrogens with zero attached hydrogens (tertiary/aromatic N) is 3. The highest BCUT2D eigenvalue weighted by Crippen LogP contribution is 2.19. The fourth-order valence-corrected chi connectivity index (χ4v) is 2.39. The van der Waals surface area contributed by atoms with Crippen LogP contribution < -0.4 is 10.6 Å². The van der Waals surface area contributed by atoms with Crippen LogP contribution in [0.2, 0.25) is 0 Å². The van der Waals surface area contributed by atoms with Crippen molar-refractivity contribution in [2.45, 2.75) is 13.8 Å². The number of amides is 2. The molecule has 0 bridgehead atoms. The molecule has 0 atom stereocenters. The van der Waals surface area contributed by atoms with Gasteiger partial charge in [0.1, 0.15) is 5.69 Å². The number of aromatic nitrogens is 3. The zero-order chi connectivity index (χ0) is 18.5. The molecule has 3 aromatic rings. The van der Waals surface area contributed by atoms with Gasteiger partial charge in [0.05, 0.1) is 17.6 Å². The van der Waals surface area contributed by atoms with Crippen molar-refractivity contribution in [2.24, 2.45) is 0 Å². The summed E-state index contributed by atoms with van der Waals surface area (Å²) in [5, 5.41) is 5.46. The zero-order valence-corrected chi connectivity index (χ0v) is 14.4. The molecule has 2 N–H and O–H groups in total. The molecule has 7 heteroatoms. The van der Waals surface area contributed by atoms with Gasteiger partial charge in [-0.05, 0) is 37.3 Å². The molecule has 0 saturated carbocycles. The van der Waals surface area contributed by atoms with E-state index in [0.29, 0.717) is 22.8 Å². The van der Waals surface area contributed by atoms with Crippen molar-refractivity contribution >= 4 is 23.2 Å². The summed E-state index contributed by atoms with van der Waals surface area (Å²) in [6.45, 7) is 3.15. The van der Waals surface area contributed by atoms with E-state index in [-0.39, 0.29) is 20.4 Å². The minimum Gasteiger partial charge on any atom is -0.326 e. The van der Waals surface area contributed by atoms with Crippen LogP contribution in [0.15, 0.2) is 55.0 Å². The van der Waals surface area contributed by atoms with Crippen molar-refractivity contribution < 1.29 is 12.4 Å². The summed E-state index contributed by atoms with van der Waals surface area (Å²) in [5.41, 5.74) is 3.25. The Hall–Kier alpha value is -3.61. The molecule has 2 amide bonds. The van der Waals surface area contributed by atoms with Crippen molar-refractivity contribution in [1.82, 2.24) is 15.0 Å². The van der Waals surface area contributed by atoms with Gasteiger partial charge in [-0.25, -0.2) is 4.98 Å². The van der Waals surface area contributed by atoms with E-state index in [0.717, 1.165) is 5.56 Å². The van der Waals surface area contributed by atoms with Gasteiger partial charge in [-0.1, -0.05) is 6.07 Å². The van der Waals surface area contributed by atoms with Crippen molar-refractivity contribution in [3.05, 3.63) is 66.4 Å². The van der Waals surface area contributed by atoms with Crippen LogP contribution in [0, 0.1) is 6.92 Å². The number of nitrogens with one attached hydrogen (secondary N) is 2. The Balaban J connectivity index is 0.00000196. The molecule has 7 nitrogen and oxygen atoms in total. The molecule has 2 heterocycles. The Morgan fingerprint density at radius 1 is 1.04 bits per heavy atom. The van der Waals surface area contributed by atoms with Gasteiger partial charge in [-0.2, -0.15) is 0 Å². The van der Waals surface area contributed by atoms with Crippen LogP contribution in [0.4, 0.5) is 11.4 Å². The SMILES string of the molecule is CC(=O)Nc1cccc(NC(=O)c2nc(-c3cccnc3)cnc2C)c1.[HH].[HH]. The number of benzene rings is 1. The first-order valence-electron chi connectivity index (χ1n) is 7.96. The fourth-order valence-electron chi connectivity index (χ4n) is 2.39. The number of carbonyl (C=O) groups excluding carboxylic acids is 2. The topological polar surface area (TPSA) is 96.9 Å². The van der Waals surface area contributed by atoms with E-state index in [1.807, 2.05) is 6.07 Å². The first-order valence-corrected chi connectivity index (χ1v) is 7.96. The molecular formula is C19H21N5O2. The Morgan fingerprint density at radius 2 is 1.81 bits per heavy atom. The Bertz CT molecular complexity index is 968. The number of rotatable bonds is 4. The van der Waals surface area contributed by atoms with Gasteiger partial charge in [0.25, 0.3) is 5.91 Å². The molecule has 26 heavy (non-hydrogen) atoms. The molecule has 0 aliphatic heterocycles. The third-order valence-electron chi connectivity index (χ3n) is 3.57. The number of hydrogen-bond donors (Lipinski definition) is 2. The van der Waals surface area contributed by atoms with Gasteiger partial charge in [-0.3, -0.25) is 19.6 Å². The number of carbonyl (C=O) groups is 2. The van der Waals surface area contributed by atoms with E-state index in [1.165, 1.54) is 6.92 Å². The highest BCUT2D eigenvalue weighted by Gasteiger charge is 2.14. The Morgan fingerprint density at radius 3 is 2.50 bits per heavy atom. The summed E-state index contributed by atoms with van der Waals surface area (Å²) in [5.74, 6) is -0.555. The zero-order valence-electron chi connectivity index (χ0n) is 14.4. The monoisotopic (exact) mass is 351 g/mol. The minimum absolute atomic E-state index is 0. The molecule has 1 aromatic carbocycles. The van der Waals surface area contributed by atoms with Gasteiger partial charge < -0.3 is 10.6 Å². The maximum absolute atomic E-state index is 12.6. The van der Waals surface area contributed by atoms with Crippen molar-refractivity contribution in [3.8, 4) is 11.3 Å². The second-order valence-corrected chi connectivity index (χ2v) is 5.65. The van der Waals surface area contributed by atoms with Crippen LogP contribution in [0.3, 0.4) is 0 Å². The van der Waals surface area contributed by atoms with Crippen LogP contribution >= 0.6 is 0 Å². The third-order valence-corrected chi connectivity index (χ3v) is 3.57. The molecule has 0 saturated heterocycles. The van der Waals surface area contributed by atoms with Crippen LogP contribution in [-0.2, 0) is 4.79 Å². The maximum atomic E-state index is 12.6. The summed E-state index contributed by atoms with van der Waals surface area (Å²) in [7, 11) is 0. The lowest BCUT2D eigenvalue weighted by molar-refractivity contribution is -0.114. The fraction of sp³-hybridized carbons (Fsp3) is 0.105. The van der Waals surface area contributed by atoms with E-state index >= 15 is 0 Å². The molecule has 0 fully saturated rings. The minimum atomic E-state index is -0.374. The quantitative estimate of drug-likeness (QED) is 0.749. The predicted molar refractivity (Wildman–Crippen MR) is 103 cm³/mol. The molecule has 0 aliphatic rings. The number of hydrogen-bond acceptors (Lipinski definition) is 5. The lowest BCUT2D eigenvalue weighted by atomic mass is 10.2. The van der Waals surface area contributed by atoms with E-state index in [9.17, 15) is 9.59 Å². The van der Waals surface area contributed by atoms with Crippen LogP contribution in [0.1, 0.15) is 26.0 Å². The Labute approximate surface area is 153 Å². The van der Waals surface area contributed by atoms with Crippen molar-refractivity contribution in [3.63, 3.8) is 0 Å². The van der Waals surface area contributed by atoms with Crippen LogP contribution in [0.5, 0.6) is 0 Å². The molecule has 0 aliphatic carbocycles. The smallest absolute Gasteiger partial charge is 0.276 e. The highest BCUT2D eigenvalue weighted by molar-refractivity contribution is 6.04. The molecule has 134 valence electrons. The average molecular weight is 351 g/mol. The standard InChI is InChI=1S/C19H17N5O2.2H2/c1-12-18(24-17(11-21-12)14-5-4-8-20-10-14)19(26)23-16-7-3-6-15(9-16)22-13(2)25;;/h3-11H,1-2H3,(H,22,25)(H,23,26);2*1H. The molecular weight excluding hydrogens is 330 g/mol. The van der Waals surface area contributed by atoms with Gasteiger partial charge in [-0.15, -0.1) is 0 Å². The van der Waals surface area contributed by atoms with Crippen molar-refractivity contribution in [2.75, 3.05) is 10.6 Å². The normalized spacial score (nSPS) is 10.2. The maximum Gasteiger partial charge on any atom is 0.276 e. The molecule has 2 aromatic heterocycles. The first-order chi connectivity index (χ1) is 12.5. The highest BCUT2D eigenvalue weighted by atomic mass is 16.2. The van der Waals surface area contributed by atoms with E-state index in [4.69, 9.17) is 0 Å². The summed E-state index contributed by atoms with van der Waals surface area (Å²) in [4.78, 5) is 36.5. The van der Waals surface area contributed by atoms with Crippen molar-refractivity contribution in [1.29, 1.82) is 0 Å². The summed E-state index contributed by atoms with van der Waals surface area (Å²) in [6, 6.07) is 10.5. The molecule has 0 radical (unpaired) electrons. The molecule has 0 spiro atoms. The molecule has 3 rings (SSSR count). The Kier molecular flexibility index (Phi) is 4.98. The van der Waals surface area contributed by atoms with Gasteiger partial charge in [0.2, 0.25) is 5.91 Å². The van der Waals surface area contributed by atoms with Gasteiger partial charge >= 0.3 is 0 Å². The third kappa shape index (κ3) is 4.07. The summed E-state index contributed by atoms with van der Waals surface area (Å²) < 4.78 is 0. The largest absolute Gasteiger partial charge is 0.326 e. The van der Waals surface area contributed by atoms with Gasteiger partial charge in [0, 0.05) is 39.1 Å². The summed E-state index contributed by atoms with van der Waals surface area (Å²) >= 11 is 0. The lowest BCUT2D eigenvalue weighted by Gasteiger charge is -2.10. The van der Waals surface area contributed by atoms with E-state index in [2.05, 4.69) is 25.6 Å². The molecule has 0 unspecified atom stereocenters. The number of anilines is 2. The van der Waals surface area contributed by atoms with E-state index in [1.54, 1.807) is 55.8 Å².